The number of nitrogens with zero attached hydrogens (tertiary/aromatic N) is 1. The fourth-order valence-corrected chi connectivity index (χ4v) is 0.320. The van der Waals surface area contributed by atoms with Crippen molar-refractivity contribution in [1.29, 1.82) is 0 Å². The Morgan fingerprint density at radius 2 is 2.67 bits per heavy atom. The average Bonchev–Trinajstić information content (AvgIpc) is 1.90. The second kappa shape index (κ2) is 2.31. The lowest BCUT2D eigenvalue weighted by atomic mass is 10.7. The van der Waals surface area contributed by atoms with Crippen molar-refractivity contribution in [3.8, 4) is 0 Å². The maximum Gasteiger partial charge on any atom is 0.304 e. The van der Waals surface area contributed by atoms with Gasteiger partial charge in [0.25, 0.3) is 5.96 Å². The molecule has 9 heavy (non-hydrogen) atoms. The minimum absolute atomic E-state index is 0.00639. The van der Waals surface area contributed by atoms with Gasteiger partial charge in [-0.15, -0.1) is 0 Å². The van der Waals surface area contributed by atoms with Crippen molar-refractivity contribution in [2.45, 2.75) is 6.29 Å². The lowest BCUT2D eigenvalue weighted by Crippen LogP contribution is -2.40. The summed E-state index contributed by atoms with van der Waals surface area (Å²) < 4.78 is 0. The molecule has 0 aromatic carbocycles. The zero-order valence-electron chi connectivity index (χ0n) is 4.40. The van der Waals surface area contributed by atoms with Gasteiger partial charge in [-0.3, -0.25) is 4.79 Å². The van der Waals surface area contributed by atoms with Gasteiger partial charge in [-0.2, -0.15) is 0 Å². The predicted octanol–water partition coefficient (Wildman–Crippen LogP) is -1.71. The number of hydroxylamine groups is 1. The fraction of sp³-hybridized carbons (Fsp3) is 0.333. The minimum Gasteiger partial charge on any atom is -0.365 e. The maximum atomic E-state index is 9.87. The molecular weight excluding hydrogens is 126 g/mol. The molecule has 1 unspecified atom stereocenters. The van der Waals surface area contributed by atoms with Crippen LogP contribution in [0.4, 0.5) is 0 Å². The number of oxime groups is 1. The normalized spacial score (nSPS) is 25.3. The van der Waals surface area contributed by atoms with Crippen molar-refractivity contribution in [2.24, 2.45) is 10.9 Å². The molecule has 1 aliphatic rings. The van der Waals surface area contributed by atoms with Crippen LogP contribution in [0, 0.1) is 0 Å². The van der Waals surface area contributed by atoms with E-state index in [0.717, 1.165) is 0 Å². The molecule has 3 N–H and O–H groups in total. The highest BCUT2D eigenvalue weighted by atomic mass is 16.8. The Labute approximate surface area is 50.5 Å². The summed E-state index contributed by atoms with van der Waals surface area (Å²) in [6, 6.07) is 0. The van der Waals surface area contributed by atoms with Crippen LogP contribution in [-0.2, 0) is 14.5 Å². The molecule has 6 heteroatoms. The SMILES string of the molecule is NC1=NOC(C=O)ON1. The molecule has 0 fully saturated rings. The molecule has 50 valence electrons. The van der Waals surface area contributed by atoms with Crippen LogP contribution in [-0.4, -0.2) is 18.5 Å². The summed E-state index contributed by atoms with van der Waals surface area (Å²) in [5.74, 6) is -0.00639. The van der Waals surface area contributed by atoms with Crippen molar-refractivity contribution in [2.75, 3.05) is 0 Å². The number of hydrogen-bond donors (Lipinski definition) is 2. The summed E-state index contributed by atoms with van der Waals surface area (Å²) in [6.45, 7) is 0. The van der Waals surface area contributed by atoms with Crippen LogP contribution >= 0.6 is 0 Å². The van der Waals surface area contributed by atoms with Crippen LogP contribution in [0.3, 0.4) is 0 Å². The third kappa shape index (κ3) is 1.29. The second-order valence-electron chi connectivity index (χ2n) is 1.31. The maximum absolute atomic E-state index is 9.87. The molecule has 0 saturated carbocycles. The van der Waals surface area contributed by atoms with Gasteiger partial charge in [-0.25, -0.2) is 10.3 Å². The van der Waals surface area contributed by atoms with E-state index in [2.05, 4.69) is 20.3 Å². The standard InChI is InChI=1S/C3H5N3O3/c4-3-5-8-2(1-7)9-6-3/h1-2H,(H3,4,5,6). The molecule has 0 spiro atoms. The van der Waals surface area contributed by atoms with Gasteiger partial charge in [-0.1, -0.05) is 0 Å². The van der Waals surface area contributed by atoms with Crippen LogP contribution in [0.5, 0.6) is 0 Å². The number of carbonyl (C=O) groups is 1. The quantitative estimate of drug-likeness (QED) is 0.414. The van der Waals surface area contributed by atoms with Gasteiger partial charge in [0.15, 0.2) is 6.29 Å². The van der Waals surface area contributed by atoms with E-state index in [4.69, 9.17) is 5.73 Å². The third-order valence-electron chi connectivity index (χ3n) is 0.646. The number of nitrogens with two attached hydrogens (primary N) is 1. The molecule has 0 aromatic rings. The van der Waals surface area contributed by atoms with Gasteiger partial charge in [0.1, 0.15) is 0 Å². The van der Waals surface area contributed by atoms with Gasteiger partial charge in [0.2, 0.25) is 0 Å². The molecule has 1 aliphatic heterocycles. The first kappa shape index (κ1) is 5.83. The van der Waals surface area contributed by atoms with Crippen LogP contribution in [0.25, 0.3) is 0 Å². The summed E-state index contributed by atoms with van der Waals surface area (Å²) in [7, 11) is 0. The van der Waals surface area contributed by atoms with Gasteiger partial charge < -0.3 is 10.6 Å². The fourth-order valence-electron chi connectivity index (χ4n) is 0.320. The summed E-state index contributed by atoms with van der Waals surface area (Å²) in [5.41, 5.74) is 7.18. The van der Waals surface area contributed by atoms with Crippen molar-refractivity contribution in [3.05, 3.63) is 0 Å². The Hall–Kier alpha value is -1.30. The topological polar surface area (TPSA) is 85.9 Å². The van der Waals surface area contributed by atoms with Crippen LogP contribution in [0.15, 0.2) is 5.16 Å². The number of rotatable bonds is 1. The van der Waals surface area contributed by atoms with Gasteiger partial charge in [0, 0.05) is 0 Å². The zero-order valence-corrected chi connectivity index (χ0v) is 4.40. The first-order valence-electron chi connectivity index (χ1n) is 2.19. The molecule has 0 amide bonds. The second-order valence-corrected chi connectivity index (χ2v) is 1.31. The number of carbonyl (C=O) groups excluding carboxylic acids is 1. The molecule has 0 aliphatic carbocycles. The van der Waals surface area contributed by atoms with E-state index in [1.54, 1.807) is 0 Å². The van der Waals surface area contributed by atoms with E-state index in [1.807, 2.05) is 0 Å². The number of hydrogen-bond acceptors (Lipinski definition) is 6. The lowest BCUT2D eigenvalue weighted by Gasteiger charge is -2.14. The molecule has 0 bridgehead atoms. The molecule has 0 aromatic heterocycles. The molecule has 1 atom stereocenters. The first-order valence-corrected chi connectivity index (χ1v) is 2.19. The van der Waals surface area contributed by atoms with Crippen molar-refractivity contribution < 1.29 is 14.5 Å². The Kier molecular flexibility index (Phi) is 1.50. The summed E-state index contributed by atoms with van der Waals surface area (Å²) in [5, 5.41) is 3.21. The summed E-state index contributed by atoms with van der Waals surface area (Å²) in [6.07, 6.45) is -0.541. The predicted molar refractivity (Wildman–Crippen MR) is 26.8 cm³/mol. The van der Waals surface area contributed by atoms with Crippen LogP contribution < -0.4 is 11.2 Å². The lowest BCUT2D eigenvalue weighted by molar-refractivity contribution is -0.180. The minimum atomic E-state index is -0.989. The summed E-state index contributed by atoms with van der Waals surface area (Å²) >= 11 is 0. The van der Waals surface area contributed by atoms with Crippen molar-refractivity contribution in [1.82, 2.24) is 5.48 Å². The molecule has 1 heterocycles. The van der Waals surface area contributed by atoms with E-state index in [1.165, 1.54) is 0 Å². The highest BCUT2D eigenvalue weighted by Gasteiger charge is 2.13. The molecule has 0 saturated heterocycles. The number of nitrogens with one attached hydrogen (secondary N) is 1. The summed E-state index contributed by atoms with van der Waals surface area (Å²) in [4.78, 5) is 18.7. The van der Waals surface area contributed by atoms with E-state index >= 15 is 0 Å². The van der Waals surface area contributed by atoms with Crippen molar-refractivity contribution in [3.63, 3.8) is 0 Å². The van der Waals surface area contributed by atoms with E-state index in [0.29, 0.717) is 6.29 Å². The highest BCUT2D eigenvalue weighted by molar-refractivity contribution is 5.76. The largest absolute Gasteiger partial charge is 0.365 e. The third-order valence-corrected chi connectivity index (χ3v) is 0.646. The molecular formula is C3H5N3O3. The Balaban J connectivity index is 2.45. The average molecular weight is 131 g/mol. The number of aldehydes is 1. The Morgan fingerprint density at radius 3 is 3.11 bits per heavy atom. The Bertz CT molecular complexity index is 145. The first-order chi connectivity index (χ1) is 4.33. The smallest absolute Gasteiger partial charge is 0.304 e. The van der Waals surface area contributed by atoms with Gasteiger partial charge >= 0.3 is 6.29 Å². The van der Waals surface area contributed by atoms with Crippen LogP contribution in [0.1, 0.15) is 0 Å². The number of guanidine groups is 1. The molecule has 0 radical (unpaired) electrons. The van der Waals surface area contributed by atoms with Crippen molar-refractivity contribution >= 4 is 12.2 Å². The van der Waals surface area contributed by atoms with E-state index in [-0.39, 0.29) is 5.96 Å². The van der Waals surface area contributed by atoms with Gasteiger partial charge in [-0.05, 0) is 5.16 Å². The monoisotopic (exact) mass is 131 g/mol. The van der Waals surface area contributed by atoms with Crippen LogP contribution in [0.2, 0.25) is 0 Å². The Morgan fingerprint density at radius 1 is 1.89 bits per heavy atom. The molecule has 1 rings (SSSR count). The van der Waals surface area contributed by atoms with Gasteiger partial charge in [0.05, 0.1) is 0 Å². The van der Waals surface area contributed by atoms with E-state index in [9.17, 15) is 4.79 Å². The zero-order chi connectivity index (χ0) is 6.69. The molecule has 6 nitrogen and oxygen atoms in total. The highest BCUT2D eigenvalue weighted by Crippen LogP contribution is 1.92. The van der Waals surface area contributed by atoms with E-state index < -0.39 is 6.29 Å².